The second-order valence-electron chi connectivity index (χ2n) is 5.07. The van der Waals surface area contributed by atoms with Gasteiger partial charge in [-0.05, 0) is 23.8 Å². The van der Waals surface area contributed by atoms with E-state index in [9.17, 15) is 13.2 Å². The van der Waals surface area contributed by atoms with Gasteiger partial charge in [0.25, 0.3) is 0 Å². The van der Waals surface area contributed by atoms with Crippen LogP contribution in [0.2, 0.25) is 0 Å². The zero-order valence-corrected chi connectivity index (χ0v) is 12.7. The van der Waals surface area contributed by atoms with E-state index in [0.717, 1.165) is 5.52 Å². The normalized spacial score (nSPS) is 11.7. The highest BCUT2D eigenvalue weighted by molar-refractivity contribution is 7.91. The predicted octanol–water partition coefficient (Wildman–Crippen LogP) is 1.81. The van der Waals surface area contributed by atoms with Crippen LogP contribution in [0.4, 0.5) is 5.69 Å². The summed E-state index contributed by atoms with van der Waals surface area (Å²) in [5.41, 5.74) is 2.21. The van der Waals surface area contributed by atoms with Gasteiger partial charge in [0.1, 0.15) is 0 Å². The SMILES string of the molecule is Cn1c(=O)[nH]c2cc(NS(=O)(=O)Cc3ccccc3)ccc21. The Morgan fingerprint density at radius 2 is 1.86 bits per heavy atom. The van der Waals surface area contributed by atoms with Crippen molar-refractivity contribution in [3.05, 3.63) is 64.6 Å². The summed E-state index contributed by atoms with van der Waals surface area (Å²) in [4.78, 5) is 14.2. The van der Waals surface area contributed by atoms with Gasteiger partial charge in [0, 0.05) is 7.05 Å². The van der Waals surface area contributed by atoms with Crippen LogP contribution in [-0.2, 0) is 22.8 Å². The molecule has 22 heavy (non-hydrogen) atoms. The van der Waals surface area contributed by atoms with E-state index in [2.05, 4.69) is 9.71 Å². The molecule has 1 aromatic heterocycles. The van der Waals surface area contributed by atoms with Crippen LogP contribution in [0.1, 0.15) is 5.56 Å². The molecule has 0 aliphatic carbocycles. The maximum atomic E-state index is 12.2. The number of anilines is 1. The molecule has 0 spiro atoms. The van der Waals surface area contributed by atoms with Crippen molar-refractivity contribution in [2.75, 3.05) is 4.72 Å². The fraction of sp³-hybridized carbons (Fsp3) is 0.133. The summed E-state index contributed by atoms with van der Waals surface area (Å²) in [5.74, 6) is -0.100. The van der Waals surface area contributed by atoms with E-state index in [-0.39, 0.29) is 11.4 Å². The second-order valence-corrected chi connectivity index (χ2v) is 6.79. The lowest BCUT2D eigenvalue weighted by Gasteiger charge is -2.08. The Morgan fingerprint density at radius 1 is 1.14 bits per heavy atom. The Kier molecular flexibility index (Phi) is 3.50. The van der Waals surface area contributed by atoms with Crippen LogP contribution in [0.15, 0.2) is 53.3 Å². The summed E-state index contributed by atoms with van der Waals surface area (Å²) in [6.45, 7) is 0. The number of imidazole rings is 1. The maximum absolute atomic E-state index is 12.2. The minimum Gasteiger partial charge on any atom is -0.305 e. The number of hydrogen-bond donors (Lipinski definition) is 2. The van der Waals surface area contributed by atoms with Gasteiger partial charge in [0.15, 0.2) is 0 Å². The molecular formula is C15H15N3O3S. The monoisotopic (exact) mass is 317 g/mol. The number of H-pyrrole nitrogens is 1. The van der Waals surface area contributed by atoms with Crippen molar-refractivity contribution in [2.24, 2.45) is 7.05 Å². The van der Waals surface area contributed by atoms with E-state index in [1.807, 2.05) is 6.07 Å². The highest BCUT2D eigenvalue weighted by Gasteiger charge is 2.12. The number of aryl methyl sites for hydroxylation is 1. The third-order valence-corrected chi connectivity index (χ3v) is 4.64. The van der Waals surface area contributed by atoms with Gasteiger partial charge in [-0.2, -0.15) is 0 Å². The molecule has 3 aromatic rings. The molecule has 114 valence electrons. The molecule has 1 heterocycles. The third kappa shape index (κ3) is 2.89. The van der Waals surface area contributed by atoms with E-state index < -0.39 is 10.0 Å². The molecule has 0 atom stereocenters. The minimum absolute atomic E-state index is 0.100. The highest BCUT2D eigenvalue weighted by atomic mass is 32.2. The van der Waals surface area contributed by atoms with E-state index in [1.165, 1.54) is 4.57 Å². The molecule has 0 unspecified atom stereocenters. The number of hydrogen-bond acceptors (Lipinski definition) is 3. The van der Waals surface area contributed by atoms with Gasteiger partial charge < -0.3 is 4.98 Å². The first-order valence-electron chi connectivity index (χ1n) is 6.68. The van der Waals surface area contributed by atoms with E-state index in [0.29, 0.717) is 16.8 Å². The Labute approximate surface area is 127 Å². The van der Waals surface area contributed by atoms with Crippen LogP contribution in [0.3, 0.4) is 0 Å². The van der Waals surface area contributed by atoms with Crippen LogP contribution in [0.5, 0.6) is 0 Å². The second kappa shape index (κ2) is 5.34. The Bertz CT molecular complexity index is 972. The molecule has 0 saturated heterocycles. The molecule has 0 aliphatic rings. The fourth-order valence-corrected chi connectivity index (χ4v) is 3.50. The molecule has 6 nitrogen and oxygen atoms in total. The molecule has 7 heteroatoms. The van der Waals surface area contributed by atoms with Crippen molar-refractivity contribution in [1.82, 2.24) is 9.55 Å². The Hall–Kier alpha value is -2.54. The standard InChI is InChI=1S/C15H15N3O3S/c1-18-14-8-7-12(9-13(14)16-15(18)19)17-22(20,21)10-11-5-3-2-4-6-11/h2-9,17H,10H2,1H3,(H,16,19). The molecule has 2 N–H and O–H groups in total. The van der Waals surface area contributed by atoms with Crippen LogP contribution in [0, 0.1) is 0 Å². The molecule has 0 bridgehead atoms. The van der Waals surface area contributed by atoms with Gasteiger partial charge in [0.2, 0.25) is 10.0 Å². The summed E-state index contributed by atoms with van der Waals surface area (Å²) in [5, 5.41) is 0. The maximum Gasteiger partial charge on any atom is 0.326 e. The van der Waals surface area contributed by atoms with Gasteiger partial charge in [-0.15, -0.1) is 0 Å². The molecule has 2 aromatic carbocycles. The summed E-state index contributed by atoms with van der Waals surface area (Å²) in [6.07, 6.45) is 0. The minimum atomic E-state index is -3.51. The van der Waals surface area contributed by atoms with Crippen molar-refractivity contribution in [1.29, 1.82) is 0 Å². The molecule has 0 radical (unpaired) electrons. The van der Waals surface area contributed by atoms with Crippen LogP contribution < -0.4 is 10.4 Å². The van der Waals surface area contributed by atoms with E-state index in [4.69, 9.17) is 0 Å². The molecule has 0 fully saturated rings. The van der Waals surface area contributed by atoms with Gasteiger partial charge in [-0.25, -0.2) is 13.2 Å². The lowest BCUT2D eigenvalue weighted by molar-refractivity contribution is 0.600. The first kappa shape index (κ1) is 14.4. The number of nitrogens with zero attached hydrogens (tertiary/aromatic N) is 1. The van der Waals surface area contributed by atoms with Gasteiger partial charge in [-0.3, -0.25) is 9.29 Å². The Morgan fingerprint density at radius 3 is 2.59 bits per heavy atom. The van der Waals surface area contributed by atoms with Crippen molar-refractivity contribution in [3.63, 3.8) is 0 Å². The van der Waals surface area contributed by atoms with Crippen molar-refractivity contribution < 1.29 is 8.42 Å². The lowest BCUT2D eigenvalue weighted by atomic mass is 10.2. The zero-order chi connectivity index (χ0) is 15.7. The number of aromatic nitrogens is 2. The van der Waals surface area contributed by atoms with Gasteiger partial charge >= 0.3 is 5.69 Å². The number of fused-ring (bicyclic) bond motifs is 1. The zero-order valence-electron chi connectivity index (χ0n) is 11.9. The molecule has 3 rings (SSSR count). The van der Waals surface area contributed by atoms with Crippen molar-refractivity contribution >= 4 is 26.7 Å². The predicted molar refractivity (Wildman–Crippen MR) is 86.2 cm³/mol. The molecule has 0 saturated carbocycles. The number of benzene rings is 2. The smallest absolute Gasteiger partial charge is 0.305 e. The van der Waals surface area contributed by atoms with Gasteiger partial charge in [-0.1, -0.05) is 30.3 Å². The lowest BCUT2D eigenvalue weighted by Crippen LogP contribution is -2.15. The largest absolute Gasteiger partial charge is 0.326 e. The summed E-state index contributed by atoms with van der Waals surface area (Å²) in [7, 11) is -1.86. The van der Waals surface area contributed by atoms with Gasteiger partial charge in [0.05, 0.1) is 22.5 Å². The number of sulfonamides is 1. The molecule has 0 aliphatic heterocycles. The highest BCUT2D eigenvalue weighted by Crippen LogP contribution is 2.18. The molecular weight excluding hydrogens is 302 g/mol. The van der Waals surface area contributed by atoms with E-state index in [1.54, 1.807) is 49.5 Å². The Balaban J connectivity index is 1.87. The molecule has 0 amide bonds. The van der Waals surface area contributed by atoms with Crippen molar-refractivity contribution in [2.45, 2.75) is 5.75 Å². The average molecular weight is 317 g/mol. The fourth-order valence-electron chi connectivity index (χ4n) is 2.31. The van der Waals surface area contributed by atoms with E-state index >= 15 is 0 Å². The quantitative estimate of drug-likeness (QED) is 0.769. The van der Waals surface area contributed by atoms with Crippen LogP contribution in [-0.4, -0.2) is 18.0 Å². The summed E-state index contributed by atoms with van der Waals surface area (Å²) >= 11 is 0. The first-order chi connectivity index (χ1) is 10.4. The van der Waals surface area contributed by atoms with Crippen molar-refractivity contribution in [3.8, 4) is 0 Å². The third-order valence-electron chi connectivity index (χ3n) is 3.38. The number of nitrogens with one attached hydrogen (secondary N) is 2. The topological polar surface area (TPSA) is 84.0 Å². The van der Waals surface area contributed by atoms with Crippen LogP contribution in [0.25, 0.3) is 11.0 Å². The first-order valence-corrected chi connectivity index (χ1v) is 8.33. The van der Waals surface area contributed by atoms with Crippen LogP contribution >= 0.6 is 0 Å². The summed E-state index contributed by atoms with van der Waals surface area (Å²) in [6, 6.07) is 13.9. The number of aromatic amines is 1. The summed E-state index contributed by atoms with van der Waals surface area (Å²) < 4.78 is 28.4. The number of rotatable bonds is 4. The average Bonchev–Trinajstić information content (AvgIpc) is 2.73.